The molecule has 0 fully saturated rings. The molecule has 0 aromatic heterocycles. The van der Waals surface area contributed by atoms with Crippen LogP contribution >= 0.6 is 23.8 Å². The molecule has 2 N–H and O–H groups in total. The predicted octanol–water partition coefficient (Wildman–Crippen LogP) is 3.83. The Balaban J connectivity index is 3.10. The van der Waals surface area contributed by atoms with E-state index in [9.17, 15) is 0 Å². The summed E-state index contributed by atoms with van der Waals surface area (Å²) in [6.07, 6.45) is 0.662. The van der Waals surface area contributed by atoms with Gasteiger partial charge >= 0.3 is 0 Å². The van der Waals surface area contributed by atoms with E-state index in [0.717, 1.165) is 21.9 Å². The molecule has 0 saturated carbocycles. The highest BCUT2D eigenvalue weighted by atomic mass is 35.5. The molecular weight excluding hydrogens is 254 g/mol. The molecule has 0 amide bonds. The summed E-state index contributed by atoms with van der Waals surface area (Å²) in [6.45, 7) is 6.63. The fourth-order valence-electron chi connectivity index (χ4n) is 1.75. The second-order valence-electron chi connectivity index (χ2n) is 4.14. The van der Waals surface area contributed by atoms with Gasteiger partial charge < -0.3 is 10.5 Å². The van der Waals surface area contributed by atoms with E-state index in [1.807, 2.05) is 26.0 Å². The van der Waals surface area contributed by atoms with Crippen molar-refractivity contribution >= 4 is 28.8 Å². The van der Waals surface area contributed by atoms with Crippen molar-refractivity contribution in [3.05, 3.63) is 28.3 Å². The maximum absolute atomic E-state index is 6.15. The lowest BCUT2D eigenvalue weighted by molar-refractivity contribution is 0.334. The van der Waals surface area contributed by atoms with Crippen LogP contribution in [0.15, 0.2) is 12.1 Å². The summed E-state index contributed by atoms with van der Waals surface area (Å²) in [7, 11) is 0. The van der Waals surface area contributed by atoms with Gasteiger partial charge in [-0.05, 0) is 43.0 Å². The van der Waals surface area contributed by atoms with Crippen LogP contribution in [0.3, 0.4) is 0 Å². The Labute approximate surface area is 113 Å². The van der Waals surface area contributed by atoms with Gasteiger partial charge in [-0.25, -0.2) is 0 Å². The Bertz CT molecular complexity index is 420. The van der Waals surface area contributed by atoms with E-state index in [-0.39, 0.29) is 5.92 Å². The van der Waals surface area contributed by atoms with Crippen molar-refractivity contribution in [1.29, 1.82) is 0 Å². The number of thiocarbonyl (C=S) groups is 1. The zero-order valence-electron chi connectivity index (χ0n) is 10.4. The molecule has 0 heterocycles. The first kappa shape index (κ1) is 14.3. The third kappa shape index (κ3) is 3.86. The Kier molecular flexibility index (Phi) is 5.22. The highest BCUT2D eigenvalue weighted by Gasteiger charge is 2.14. The van der Waals surface area contributed by atoms with Crippen LogP contribution in [0.2, 0.25) is 5.02 Å². The molecule has 2 nitrogen and oxygen atoms in total. The number of ether oxygens (including phenoxy) is 1. The van der Waals surface area contributed by atoms with E-state index in [4.69, 9.17) is 34.3 Å². The van der Waals surface area contributed by atoms with Crippen LogP contribution in [0.5, 0.6) is 5.75 Å². The highest BCUT2D eigenvalue weighted by Crippen LogP contribution is 2.33. The van der Waals surface area contributed by atoms with Crippen molar-refractivity contribution in [3.8, 4) is 5.75 Å². The van der Waals surface area contributed by atoms with Crippen LogP contribution in [-0.2, 0) is 0 Å². The van der Waals surface area contributed by atoms with E-state index in [2.05, 4.69) is 6.92 Å². The number of nitrogens with two attached hydrogens (primary N) is 1. The molecule has 1 unspecified atom stereocenters. The Morgan fingerprint density at radius 3 is 2.71 bits per heavy atom. The van der Waals surface area contributed by atoms with E-state index in [1.54, 1.807) is 0 Å². The van der Waals surface area contributed by atoms with Crippen LogP contribution in [0.1, 0.15) is 37.3 Å². The van der Waals surface area contributed by atoms with E-state index in [1.165, 1.54) is 0 Å². The van der Waals surface area contributed by atoms with Gasteiger partial charge in [0.25, 0.3) is 0 Å². The Morgan fingerprint density at radius 1 is 1.53 bits per heavy atom. The van der Waals surface area contributed by atoms with E-state index in [0.29, 0.717) is 18.0 Å². The summed E-state index contributed by atoms with van der Waals surface area (Å²) in [6, 6.07) is 3.92. The van der Waals surface area contributed by atoms with Crippen molar-refractivity contribution in [2.75, 3.05) is 6.61 Å². The summed E-state index contributed by atoms with van der Waals surface area (Å²) in [4.78, 5) is 0.511. The van der Waals surface area contributed by atoms with Crippen LogP contribution in [0.25, 0.3) is 0 Å². The average molecular weight is 272 g/mol. The second-order valence-corrected chi connectivity index (χ2v) is 5.08. The number of aryl methyl sites for hydroxylation is 1. The SMILES string of the molecule is CCOc1cc(C)c(Cl)cc1C(C)CC(N)=S. The fraction of sp³-hybridized carbons (Fsp3) is 0.462. The molecule has 0 radical (unpaired) electrons. The lowest BCUT2D eigenvalue weighted by Gasteiger charge is -2.17. The third-order valence-electron chi connectivity index (χ3n) is 2.63. The topological polar surface area (TPSA) is 35.2 Å². The van der Waals surface area contributed by atoms with Gasteiger partial charge in [0.2, 0.25) is 0 Å². The van der Waals surface area contributed by atoms with Gasteiger partial charge in [-0.1, -0.05) is 30.7 Å². The molecule has 94 valence electrons. The molecule has 0 aliphatic carbocycles. The van der Waals surface area contributed by atoms with Gasteiger partial charge in [0, 0.05) is 11.4 Å². The molecule has 1 aromatic rings. The molecule has 0 aliphatic heterocycles. The van der Waals surface area contributed by atoms with Crippen LogP contribution in [0.4, 0.5) is 0 Å². The van der Waals surface area contributed by atoms with Gasteiger partial charge in [-0.2, -0.15) is 0 Å². The standard InChI is InChI=1S/C13H18ClNOS/c1-4-16-12-5-9(3)11(14)7-10(12)8(2)6-13(15)17/h5,7-8H,4,6H2,1-3H3,(H2,15,17). The lowest BCUT2D eigenvalue weighted by atomic mass is 9.95. The minimum atomic E-state index is 0.215. The smallest absolute Gasteiger partial charge is 0.123 e. The summed E-state index contributed by atoms with van der Waals surface area (Å²) >= 11 is 11.1. The first-order valence-electron chi connectivity index (χ1n) is 5.66. The first-order chi connectivity index (χ1) is 7.95. The van der Waals surface area contributed by atoms with Crippen LogP contribution in [0, 0.1) is 6.92 Å². The lowest BCUT2D eigenvalue weighted by Crippen LogP contribution is -2.12. The quantitative estimate of drug-likeness (QED) is 0.827. The molecular formula is C13H18ClNOS. The molecule has 1 rings (SSSR count). The monoisotopic (exact) mass is 271 g/mol. The van der Waals surface area contributed by atoms with Gasteiger partial charge in [0.1, 0.15) is 5.75 Å². The van der Waals surface area contributed by atoms with Gasteiger partial charge in [-0.3, -0.25) is 0 Å². The number of hydrogen-bond donors (Lipinski definition) is 1. The van der Waals surface area contributed by atoms with Gasteiger partial charge in [0.05, 0.1) is 11.6 Å². The summed E-state index contributed by atoms with van der Waals surface area (Å²) in [5.41, 5.74) is 7.66. The number of halogens is 1. The molecule has 4 heteroatoms. The first-order valence-corrected chi connectivity index (χ1v) is 6.45. The van der Waals surface area contributed by atoms with E-state index < -0.39 is 0 Å². The molecule has 17 heavy (non-hydrogen) atoms. The molecule has 0 saturated heterocycles. The number of rotatable bonds is 5. The summed E-state index contributed by atoms with van der Waals surface area (Å²) in [5, 5.41) is 0.748. The van der Waals surface area contributed by atoms with Crippen molar-refractivity contribution < 1.29 is 4.74 Å². The largest absolute Gasteiger partial charge is 0.494 e. The van der Waals surface area contributed by atoms with Crippen molar-refractivity contribution in [2.24, 2.45) is 5.73 Å². The molecule has 1 atom stereocenters. The fourth-order valence-corrected chi connectivity index (χ4v) is 2.17. The highest BCUT2D eigenvalue weighted by molar-refractivity contribution is 7.80. The van der Waals surface area contributed by atoms with Crippen molar-refractivity contribution in [2.45, 2.75) is 33.1 Å². The summed E-state index contributed by atoms with van der Waals surface area (Å²) in [5.74, 6) is 1.09. The number of benzene rings is 1. The molecule has 0 spiro atoms. The van der Waals surface area contributed by atoms with E-state index >= 15 is 0 Å². The minimum absolute atomic E-state index is 0.215. The molecule has 0 aliphatic rings. The van der Waals surface area contributed by atoms with Crippen molar-refractivity contribution in [1.82, 2.24) is 0 Å². The maximum atomic E-state index is 6.15. The van der Waals surface area contributed by atoms with Crippen LogP contribution < -0.4 is 10.5 Å². The van der Waals surface area contributed by atoms with Gasteiger partial charge in [-0.15, -0.1) is 0 Å². The second kappa shape index (κ2) is 6.22. The number of hydrogen-bond acceptors (Lipinski definition) is 2. The molecule has 0 bridgehead atoms. The zero-order chi connectivity index (χ0) is 13.0. The Morgan fingerprint density at radius 2 is 2.18 bits per heavy atom. The van der Waals surface area contributed by atoms with Gasteiger partial charge in [0.15, 0.2) is 0 Å². The maximum Gasteiger partial charge on any atom is 0.123 e. The van der Waals surface area contributed by atoms with Crippen LogP contribution in [-0.4, -0.2) is 11.6 Å². The molecule has 1 aromatic carbocycles. The normalized spacial score (nSPS) is 12.2. The zero-order valence-corrected chi connectivity index (χ0v) is 12.0. The summed E-state index contributed by atoms with van der Waals surface area (Å²) < 4.78 is 5.63. The minimum Gasteiger partial charge on any atom is -0.494 e. The Hall–Kier alpha value is -0.800. The average Bonchev–Trinajstić information content (AvgIpc) is 2.22. The third-order valence-corrected chi connectivity index (χ3v) is 3.20. The van der Waals surface area contributed by atoms with Crippen molar-refractivity contribution in [3.63, 3.8) is 0 Å². The predicted molar refractivity (Wildman–Crippen MR) is 77.2 cm³/mol.